The average molecular weight is 576 g/mol. The number of benzene rings is 1. The summed E-state index contributed by atoms with van der Waals surface area (Å²) in [5, 5.41) is 16.1. The fourth-order valence-electron chi connectivity index (χ4n) is 3.32. The second kappa shape index (κ2) is 13.2. The predicted molar refractivity (Wildman–Crippen MR) is 118 cm³/mol. The number of nitrogens with one attached hydrogen (secondary N) is 4. The summed E-state index contributed by atoms with van der Waals surface area (Å²) in [5.41, 5.74) is 0.931. The van der Waals surface area contributed by atoms with Crippen molar-refractivity contribution in [2.75, 3.05) is 11.9 Å². The maximum atomic E-state index is 15.0. The van der Waals surface area contributed by atoms with E-state index in [0.717, 1.165) is 5.56 Å². The number of tetrazole rings is 1. The minimum absolute atomic E-state index is 0. The van der Waals surface area contributed by atoms with Crippen LogP contribution in [0, 0.1) is 5.82 Å². The number of rotatable bonds is 9. The van der Waals surface area contributed by atoms with E-state index in [0.29, 0.717) is 5.69 Å². The van der Waals surface area contributed by atoms with E-state index in [-0.39, 0.29) is 53.5 Å². The quantitative estimate of drug-likeness (QED) is 0.212. The van der Waals surface area contributed by atoms with Crippen molar-refractivity contribution < 1.29 is 52.7 Å². The molecule has 0 saturated carbocycles. The summed E-state index contributed by atoms with van der Waals surface area (Å²) in [6, 6.07) is 11.4. The van der Waals surface area contributed by atoms with E-state index in [2.05, 4.69) is 36.1 Å². The molecule has 37 heavy (non-hydrogen) atoms. The highest BCUT2D eigenvalue weighted by molar-refractivity contribution is 6.31. The van der Waals surface area contributed by atoms with E-state index >= 15 is 4.39 Å². The SMILES string of the molecule is O=C(Cc1c(Cl)c[nH+]c(NCC(F)(F)c2cccc[nH+]2)c1F)NCc1ccccc1-n1cnnn1.[Cl-].[Cl-]. The van der Waals surface area contributed by atoms with E-state index in [1.54, 1.807) is 30.3 Å². The molecule has 0 saturated heterocycles. The lowest BCUT2D eigenvalue weighted by atomic mass is 10.1. The van der Waals surface area contributed by atoms with Crippen LogP contribution >= 0.6 is 11.6 Å². The Morgan fingerprint density at radius 2 is 1.86 bits per heavy atom. The fourth-order valence-corrected chi connectivity index (χ4v) is 3.52. The fraction of sp³-hybridized carbons (Fsp3) is 0.182. The number of anilines is 1. The minimum Gasteiger partial charge on any atom is -1.00 e. The van der Waals surface area contributed by atoms with E-state index in [1.807, 2.05) is 0 Å². The summed E-state index contributed by atoms with van der Waals surface area (Å²) in [6.45, 7) is -0.764. The zero-order valence-electron chi connectivity index (χ0n) is 18.9. The molecule has 0 spiro atoms. The van der Waals surface area contributed by atoms with Gasteiger partial charge < -0.3 is 30.1 Å². The Bertz CT molecular complexity index is 1310. The number of halogens is 6. The molecule has 0 aliphatic heterocycles. The van der Waals surface area contributed by atoms with Gasteiger partial charge in [0.1, 0.15) is 12.5 Å². The lowest BCUT2D eigenvalue weighted by Gasteiger charge is -2.12. The monoisotopic (exact) mass is 574 g/mol. The summed E-state index contributed by atoms with van der Waals surface area (Å²) in [7, 11) is 0. The highest BCUT2D eigenvalue weighted by Crippen LogP contribution is 2.26. The average Bonchev–Trinajstić information content (AvgIpc) is 3.40. The summed E-state index contributed by atoms with van der Waals surface area (Å²) >= 11 is 6.08. The Morgan fingerprint density at radius 3 is 2.57 bits per heavy atom. The third kappa shape index (κ3) is 7.28. The maximum Gasteiger partial charge on any atom is 0.365 e. The number of amides is 1. The van der Waals surface area contributed by atoms with Crippen molar-refractivity contribution in [3.8, 4) is 5.69 Å². The van der Waals surface area contributed by atoms with Gasteiger partial charge in [-0.1, -0.05) is 29.8 Å². The molecule has 4 aromatic rings. The highest BCUT2D eigenvalue weighted by atomic mass is 35.5. The van der Waals surface area contributed by atoms with E-state index in [1.165, 1.54) is 35.5 Å². The van der Waals surface area contributed by atoms with E-state index < -0.39 is 30.6 Å². The van der Waals surface area contributed by atoms with Gasteiger partial charge in [-0.15, -0.1) is 5.10 Å². The first-order valence-electron chi connectivity index (χ1n) is 10.4. The lowest BCUT2D eigenvalue weighted by molar-refractivity contribution is -0.412. The first-order valence-corrected chi connectivity index (χ1v) is 10.8. The Kier molecular flexibility index (Phi) is 10.6. The normalized spacial score (nSPS) is 10.7. The maximum absolute atomic E-state index is 15.0. The molecule has 0 radical (unpaired) electrons. The highest BCUT2D eigenvalue weighted by Gasteiger charge is 2.40. The van der Waals surface area contributed by atoms with Gasteiger partial charge in [-0.2, -0.15) is 13.2 Å². The van der Waals surface area contributed by atoms with E-state index in [9.17, 15) is 13.6 Å². The second-order valence-electron chi connectivity index (χ2n) is 7.48. The number of carbonyl (C=O) groups is 1. The Balaban J connectivity index is 0.00000241. The standard InChI is InChI=1S/C22H18ClF3N8O.2ClH/c23-16-11-29-21(30-12-22(25,26)18-7-3-4-8-27-18)20(24)15(16)9-19(35)28-10-14-5-1-2-6-17(14)34-13-31-32-33-34;;/h1-8,11,13H,9-10,12H2,(H,28,35)(H,29,30);2*1H. The van der Waals surface area contributed by atoms with Gasteiger partial charge in [-0.3, -0.25) is 10.1 Å². The molecule has 1 amide bonds. The second-order valence-corrected chi connectivity index (χ2v) is 7.88. The van der Waals surface area contributed by atoms with Crippen LogP contribution in [0.1, 0.15) is 16.8 Å². The largest absolute Gasteiger partial charge is 1.00 e. The lowest BCUT2D eigenvalue weighted by Crippen LogP contribution is -3.00. The number of H-pyrrole nitrogens is 2. The van der Waals surface area contributed by atoms with Gasteiger partial charge in [0.25, 0.3) is 5.69 Å². The summed E-state index contributed by atoms with van der Waals surface area (Å²) in [6.07, 6.45) is 3.62. The molecule has 0 unspecified atom stereocenters. The smallest absolute Gasteiger partial charge is 0.365 e. The van der Waals surface area contributed by atoms with Crippen LogP contribution in [-0.2, 0) is 23.7 Å². The molecule has 15 heteroatoms. The Hall–Kier alpha value is -3.48. The van der Waals surface area contributed by atoms with Crippen molar-refractivity contribution in [2.45, 2.75) is 18.9 Å². The number of aromatic amines is 2. The van der Waals surface area contributed by atoms with Crippen LogP contribution in [0.4, 0.5) is 19.0 Å². The number of hydrogen-bond donors (Lipinski definition) is 2. The molecule has 0 aliphatic rings. The van der Waals surface area contributed by atoms with E-state index in [4.69, 9.17) is 11.6 Å². The van der Waals surface area contributed by atoms with Crippen molar-refractivity contribution in [3.05, 3.63) is 88.8 Å². The van der Waals surface area contributed by atoms with Crippen molar-refractivity contribution in [1.82, 2.24) is 25.5 Å². The first-order chi connectivity index (χ1) is 16.8. The van der Waals surface area contributed by atoms with Gasteiger partial charge in [0.15, 0.2) is 12.7 Å². The number of nitrogens with zero attached hydrogens (tertiary/aromatic N) is 4. The van der Waals surface area contributed by atoms with Gasteiger partial charge in [-0.05, 0) is 28.1 Å². The Labute approximate surface area is 226 Å². The van der Waals surface area contributed by atoms with Gasteiger partial charge in [0.2, 0.25) is 11.7 Å². The summed E-state index contributed by atoms with van der Waals surface area (Å²) in [5.74, 6) is -5.05. The number of para-hydroxylation sites is 1. The molecule has 1 aromatic carbocycles. The molecule has 0 aliphatic carbocycles. The van der Waals surface area contributed by atoms with Crippen LogP contribution in [0.25, 0.3) is 5.69 Å². The molecule has 4 rings (SSSR count). The molecular weight excluding hydrogens is 556 g/mol. The third-order valence-corrected chi connectivity index (χ3v) is 5.44. The zero-order chi connectivity index (χ0) is 24.8. The molecule has 196 valence electrons. The van der Waals surface area contributed by atoms with Crippen molar-refractivity contribution in [1.29, 1.82) is 0 Å². The van der Waals surface area contributed by atoms with Crippen molar-refractivity contribution in [3.63, 3.8) is 0 Å². The molecule has 0 bridgehead atoms. The number of carbonyl (C=O) groups excluding carboxylic acids is 1. The topological polar surface area (TPSA) is 113 Å². The molecule has 9 nitrogen and oxygen atoms in total. The van der Waals surface area contributed by atoms with Crippen molar-refractivity contribution >= 4 is 23.3 Å². The van der Waals surface area contributed by atoms with Gasteiger partial charge >= 0.3 is 11.7 Å². The molecule has 3 heterocycles. The van der Waals surface area contributed by atoms with Crippen molar-refractivity contribution in [2.24, 2.45) is 0 Å². The predicted octanol–water partition coefficient (Wildman–Crippen LogP) is -3.85. The first kappa shape index (κ1) is 29.7. The number of hydrogen-bond acceptors (Lipinski definition) is 5. The molecular formula is C22H20Cl3F3N8O. The third-order valence-electron chi connectivity index (χ3n) is 5.11. The zero-order valence-corrected chi connectivity index (χ0v) is 21.1. The summed E-state index contributed by atoms with van der Waals surface area (Å²) in [4.78, 5) is 17.5. The van der Waals surface area contributed by atoms with Gasteiger partial charge in [0.05, 0.1) is 17.1 Å². The molecule has 3 aromatic heterocycles. The minimum atomic E-state index is -3.30. The van der Waals surface area contributed by atoms with Gasteiger partial charge in [-0.25, -0.2) is 14.6 Å². The van der Waals surface area contributed by atoms with Crippen LogP contribution < -0.4 is 45.4 Å². The number of alkyl halides is 2. The molecule has 0 fully saturated rings. The van der Waals surface area contributed by atoms with Crippen LogP contribution in [-0.4, -0.2) is 32.7 Å². The Morgan fingerprint density at radius 1 is 1.11 bits per heavy atom. The molecule has 0 atom stereocenters. The van der Waals surface area contributed by atoms with Gasteiger partial charge in [0, 0.05) is 24.2 Å². The van der Waals surface area contributed by atoms with Crippen LogP contribution in [0.15, 0.2) is 61.2 Å². The number of pyridine rings is 2. The van der Waals surface area contributed by atoms with Crippen LogP contribution in [0.3, 0.4) is 0 Å². The summed E-state index contributed by atoms with van der Waals surface area (Å²) < 4.78 is 45.3. The molecule has 4 N–H and O–H groups in total. The van der Waals surface area contributed by atoms with Crippen LogP contribution in [0.2, 0.25) is 5.02 Å². The number of aromatic nitrogens is 6. The van der Waals surface area contributed by atoms with Crippen LogP contribution in [0.5, 0.6) is 0 Å².